The Labute approximate surface area is 85.3 Å². The summed E-state index contributed by atoms with van der Waals surface area (Å²) in [4.78, 5) is 11.3. The van der Waals surface area contributed by atoms with E-state index in [1.807, 2.05) is 0 Å². The highest BCUT2D eigenvalue weighted by Gasteiger charge is 2.07. The van der Waals surface area contributed by atoms with Gasteiger partial charge in [-0.3, -0.25) is 0 Å². The van der Waals surface area contributed by atoms with E-state index in [2.05, 4.69) is 0 Å². The molecular weight excluding hydrogens is 194 g/mol. The number of fused-ring (bicyclic) bond motifs is 1. The van der Waals surface area contributed by atoms with Gasteiger partial charge in [0, 0.05) is 5.39 Å². The predicted octanol–water partition coefficient (Wildman–Crippen LogP) is 1.67. The second-order valence-corrected chi connectivity index (χ2v) is 2.94. The number of nitrogens with zero attached hydrogens (tertiary/aromatic N) is 1. The molecule has 1 heterocycles. The summed E-state index contributed by atoms with van der Waals surface area (Å²) >= 11 is 0. The Kier molecular flexibility index (Phi) is 2.14. The third-order valence-corrected chi connectivity index (χ3v) is 2.06. The predicted molar refractivity (Wildman–Crippen MR) is 53.8 cm³/mol. The van der Waals surface area contributed by atoms with E-state index in [4.69, 9.17) is 14.4 Å². The second kappa shape index (κ2) is 3.46. The SMILES string of the molecule is COc1cccc2cc(C#N)c(=O)oc12. The van der Waals surface area contributed by atoms with Gasteiger partial charge in [0.25, 0.3) is 0 Å². The maximum atomic E-state index is 11.3. The van der Waals surface area contributed by atoms with Crippen molar-refractivity contribution < 1.29 is 9.15 Å². The lowest BCUT2D eigenvalue weighted by molar-refractivity contribution is 0.406. The first-order valence-corrected chi connectivity index (χ1v) is 4.27. The highest BCUT2D eigenvalue weighted by molar-refractivity contribution is 5.83. The van der Waals surface area contributed by atoms with E-state index in [0.29, 0.717) is 16.7 Å². The van der Waals surface area contributed by atoms with E-state index in [9.17, 15) is 4.79 Å². The molecule has 0 saturated heterocycles. The molecule has 0 atom stereocenters. The van der Waals surface area contributed by atoms with Crippen molar-refractivity contribution in [2.24, 2.45) is 0 Å². The molecule has 74 valence electrons. The number of hydrogen-bond acceptors (Lipinski definition) is 4. The number of methoxy groups -OCH3 is 1. The molecule has 2 rings (SSSR count). The number of benzene rings is 1. The minimum absolute atomic E-state index is 0.00393. The highest BCUT2D eigenvalue weighted by atomic mass is 16.5. The van der Waals surface area contributed by atoms with Crippen molar-refractivity contribution in [1.82, 2.24) is 0 Å². The van der Waals surface area contributed by atoms with Crippen molar-refractivity contribution in [3.63, 3.8) is 0 Å². The number of rotatable bonds is 1. The van der Waals surface area contributed by atoms with Gasteiger partial charge in [-0.15, -0.1) is 0 Å². The summed E-state index contributed by atoms with van der Waals surface area (Å²) < 4.78 is 10.0. The summed E-state index contributed by atoms with van der Waals surface area (Å²) in [5.41, 5.74) is -0.283. The number of para-hydroxylation sites is 1. The summed E-state index contributed by atoms with van der Waals surface area (Å²) in [5, 5.41) is 9.33. The smallest absolute Gasteiger partial charge is 0.354 e. The Morgan fingerprint density at radius 1 is 1.47 bits per heavy atom. The molecule has 0 bridgehead atoms. The second-order valence-electron chi connectivity index (χ2n) is 2.94. The van der Waals surface area contributed by atoms with Crippen molar-refractivity contribution in [2.75, 3.05) is 7.11 Å². The van der Waals surface area contributed by atoms with E-state index in [0.717, 1.165) is 0 Å². The van der Waals surface area contributed by atoms with E-state index in [1.54, 1.807) is 24.3 Å². The fraction of sp³-hybridized carbons (Fsp3) is 0.0909. The Morgan fingerprint density at radius 3 is 2.93 bits per heavy atom. The van der Waals surface area contributed by atoms with Crippen LogP contribution in [0.15, 0.2) is 33.5 Å². The summed E-state index contributed by atoms with van der Waals surface area (Å²) in [6.45, 7) is 0. The van der Waals surface area contributed by atoms with Crippen LogP contribution in [-0.2, 0) is 0 Å². The number of nitriles is 1. The Bertz CT molecular complexity index is 607. The molecule has 1 aromatic carbocycles. The van der Waals surface area contributed by atoms with Gasteiger partial charge in [-0.2, -0.15) is 5.26 Å². The monoisotopic (exact) mass is 201 g/mol. The van der Waals surface area contributed by atoms with E-state index >= 15 is 0 Å². The third kappa shape index (κ3) is 1.44. The molecule has 2 aromatic rings. The molecular formula is C11H7NO3. The van der Waals surface area contributed by atoms with Crippen molar-refractivity contribution in [3.8, 4) is 11.8 Å². The lowest BCUT2D eigenvalue weighted by Crippen LogP contribution is -2.03. The van der Waals surface area contributed by atoms with E-state index in [1.165, 1.54) is 13.2 Å². The molecule has 0 unspecified atom stereocenters. The van der Waals surface area contributed by atoms with Crippen LogP contribution in [0.25, 0.3) is 11.0 Å². The zero-order valence-electron chi connectivity index (χ0n) is 7.98. The first-order chi connectivity index (χ1) is 7.26. The summed E-state index contributed by atoms with van der Waals surface area (Å²) in [7, 11) is 1.49. The normalized spacial score (nSPS) is 9.87. The summed E-state index contributed by atoms with van der Waals surface area (Å²) in [5.74, 6) is 0.481. The van der Waals surface area contributed by atoms with Crippen molar-refractivity contribution >= 4 is 11.0 Å². The van der Waals surface area contributed by atoms with Crippen LogP contribution >= 0.6 is 0 Å². The van der Waals surface area contributed by atoms with Crippen LogP contribution in [0.1, 0.15) is 5.56 Å². The van der Waals surface area contributed by atoms with Gasteiger partial charge in [0.15, 0.2) is 11.3 Å². The van der Waals surface area contributed by atoms with Crippen LogP contribution in [0.5, 0.6) is 5.75 Å². The molecule has 0 amide bonds. The van der Waals surface area contributed by atoms with Crippen LogP contribution in [0.3, 0.4) is 0 Å². The van der Waals surface area contributed by atoms with Crippen LogP contribution in [0.2, 0.25) is 0 Å². The zero-order valence-corrected chi connectivity index (χ0v) is 7.98. The lowest BCUT2D eigenvalue weighted by atomic mass is 10.2. The van der Waals surface area contributed by atoms with Gasteiger partial charge in [-0.25, -0.2) is 4.79 Å². The van der Waals surface area contributed by atoms with Crippen molar-refractivity contribution in [3.05, 3.63) is 40.2 Å². The van der Waals surface area contributed by atoms with Crippen molar-refractivity contribution in [1.29, 1.82) is 5.26 Å². The molecule has 1 aromatic heterocycles. The Balaban J connectivity index is 2.88. The molecule has 0 aliphatic rings. The maximum Gasteiger partial charge on any atom is 0.354 e. The van der Waals surface area contributed by atoms with Gasteiger partial charge in [-0.1, -0.05) is 12.1 Å². The molecule has 4 heteroatoms. The van der Waals surface area contributed by atoms with Crippen LogP contribution < -0.4 is 10.4 Å². The van der Waals surface area contributed by atoms with Gasteiger partial charge in [0.1, 0.15) is 11.6 Å². The van der Waals surface area contributed by atoms with Gasteiger partial charge < -0.3 is 9.15 Å². The average molecular weight is 201 g/mol. The molecule has 0 saturated carbocycles. The van der Waals surface area contributed by atoms with Gasteiger partial charge in [0.05, 0.1) is 7.11 Å². The molecule has 0 aliphatic carbocycles. The minimum Gasteiger partial charge on any atom is -0.493 e. The summed E-state index contributed by atoms with van der Waals surface area (Å²) in [6, 6.07) is 8.48. The van der Waals surface area contributed by atoms with Crippen molar-refractivity contribution in [2.45, 2.75) is 0 Å². The standard InChI is InChI=1S/C11H7NO3/c1-14-9-4-2-3-7-5-8(6-12)11(13)15-10(7)9/h2-5H,1H3. The number of ether oxygens (including phenoxy) is 1. The Hall–Kier alpha value is -2.28. The molecule has 0 spiro atoms. The number of hydrogen-bond donors (Lipinski definition) is 0. The Morgan fingerprint density at radius 2 is 2.27 bits per heavy atom. The topological polar surface area (TPSA) is 63.2 Å². The molecule has 15 heavy (non-hydrogen) atoms. The molecule has 0 N–H and O–H groups in total. The molecule has 4 nitrogen and oxygen atoms in total. The lowest BCUT2D eigenvalue weighted by Gasteiger charge is -2.02. The fourth-order valence-electron chi connectivity index (χ4n) is 1.36. The highest BCUT2D eigenvalue weighted by Crippen LogP contribution is 2.23. The maximum absolute atomic E-state index is 11.3. The zero-order chi connectivity index (χ0) is 10.8. The first-order valence-electron chi connectivity index (χ1n) is 4.27. The fourth-order valence-corrected chi connectivity index (χ4v) is 1.36. The largest absolute Gasteiger partial charge is 0.493 e. The minimum atomic E-state index is -0.644. The third-order valence-electron chi connectivity index (χ3n) is 2.06. The van der Waals surface area contributed by atoms with Gasteiger partial charge in [-0.05, 0) is 12.1 Å². The molecule has 0 fully saturated rings. The first kappa shape index (κ1) is 9.28. The van der Waals surface area contributed by atoms with Gasteiger partial charge in [0.2, 0.25) is 0 Å². The molecule has 0 aliphatic heterocycles. The van der Waals surface area contributed by atoms with Crippen LogP contribution in [-0.4, -0.2) is 7.11 Å². The summed E-state index contributed by atoms with van der Waals surface area (Å²) in [6.07, 6.45) is 0. The van der Waals surface area contributed by atoms with Gasteiger partial charge >= 0.3 is 5.63 Å². The van der Waals surface area contributed by atoms with Crippen LogP contribution in [0.4, 0.5) is 0 Å². The van der Waals surface area contributed by atoms with Crippen LogP contribution in [0, 0.1) is 11.3 Å². The van der Waals surface area contributed by atoms with E-state index < -0.39 is 5.63 Å². The van der Waals surface area contributed by atoms with E-state index in [-0.39, 0.29) is 5.56 Å². The quantitative estimate of drug-likeness (QED) is 0.658. The molecule has 0 radical (unpaired) electrons. The average Bonchev–Trinajstić information content (AvgIpc) is 2.27.